The maximum absolute atomic E-state index is 13.5. The largest absolute Gasteiger partial charge is 0.383 e. The number of ether oxygens (including phenoxy) is 1. The van der Waals surface area contributed by atoms with Gasteiger partial charge in [-0.15, -0.1) is 0 Å². The fourth-order valence-corrected chi connectivity index (χ4v) is 4.93. The molecule has 1 aliphatic heterocycles. The van der Waals surface area contributed by atoms with E-state index < -0.39 is 0 Å². The van der Waals surface area contributed by atoms with Crippen molar-refractivity contribution in [2.24, 2.45) is 0 Å². The van der Waals surface area contributed by atoms with Gasteiger partial charge in [-0.3, -0.25) is 9.69 Å². The second kappa shape index (κ2) is 10.6. The highest BCUT2D eigenvalue weighted by molar-refractivity contribution is 6.03. The lowest BCUT2D eigenvalue weighted by atomic mass is 9.99. The Hall–Kier alpha value is -2.83. The van der Waals surface area contributed by atoms with E-state index in [0.717, 1.165) is 80.1 Å². The third-order valence-corrected chi connectivity index (χ3v) is 7.28. The zero-order valence-corrected chi connectivity index (χ0v) is 21.3. The third-order valence-electron chi connectivity index (χ3n) is 7.28. The van der Waals surface area contributed by atoms with Crippen molar-refractivity contribution in [1.29, 1.82) is 0 Å². The summed E-state index contributed by atoms with van der Waals surface area (Å²) in [5, 5.41) is 4.78. The molecular formula is C28H38N4O2. The van der Waals surface area contributed by atoms with Gasteiger partial charge in [0.15, 0.2) is 0 Å². The van der Waals surface area contributed by atoms with Crippen molar-refractivity contribution in [3.63, 3.8) is 0 Å². The molecule has 3 aromatic rings. The molecule has 0 saturated carbocycles. The number of hydrogen-bond donors (Lipinski definition) is 2. The molecule has 1 saturated heterocycles. The predicted octanol–water partition coefficient (Wildman–Crippen LogP) is 4.67. The topological polar surface area (TPSA) is 60.6 Å². The maximum atomic E-state index is 13.5. The minimum Gasteiger partial charge on any atom is -0.383 e. The molecule has 2 aromatic carbocycles. The summed E-state index contributed by atoms with van der Waals surface area (Å²) in [5.41, 5.74) is 9.14. The van der Waals surface area contributed by atoms with Crippen LogP contribution in [0.15, 0.2) is 30.3 Å². The number of carbonyl (C=O) groups excluding carboxylic acids is 1. The molecule has 1 aliphatic rings. The number of piperazine rings is 1. The van der Waals surface area contributed by atoms with Crippen molar-refractivity contribution in [2.45, 2.75) is 40.7 Å². The Morgan fingerprint density at radius 3 is 2.59 bits per heavy atom. The number of aryl methyl sites for hydroxylation is 4. The number of nitrogens with one attached hydrogen (secondary N) is 2. The normalized spacial score (nSPS) is 14.7. The predicted molar refractivity (Wildman–Crippen MR) is 140 cm³/mol. The maximum Gasteiger partial charge on any atom is 0.254 e. The standard InChI is InChI=1S/C28H38N4O2/c1-6-22-9-7-8-19(2)25(22)18-29-26-17-23(16-24-20(3)21(4)30-27(24)26)28(33)32-12-10-31(11-13-32)14-15-34-5/h7-9,16-17,29-30H,6,10-15,18H2,1-5H3. The van der Waals surface area contributed by atoms with Crippen LogP contribution in [0.5, 0.6) is 0 Å². The fraction of sp³-hybridized carbons (Fsp3) is 0.464. The Kier molecular flexibility index (Phi) is 7.59. The number of hydrogen-bond acceptors (Lipinski definition) is 4. The van der Waals surface area contributed by atoms with E-state index in [9.17, 15) is 4.79 Å². The van der Waals surface area contributed by atoms with Crippen molar-refractivity contribution >= 4 is 22.5 Å². The summed E-state index contributed by atoms with van der Waals surface area (Å²) < 4.78 is 5.20. The minimum atomic E-state index is 0.111. The minimum absolute atomic E-state index is 0.111. The van der Waals surface area contributed by atoms with Gasteiger partial charge in [0.2, 0.25) is 0 Å². The van der Waals surface area contributed by atoms with Crippen molar-refractivity contribution < 1.29 is 9.53 Å². The monoisotopic (exact) mass is 462 g/mol. The van der Waals surface area contributed by atoms with Gasteiger partial charge in [-0.2, -0.15) is 0 Å². The molecular weight excluding hydrogens is 424 g/mol. The molecule has 0 unspecified atom stereocenters. The zero-order valence-electron chi connectivity index (χ0n) is 21.3. The Balaban J connectivity index is 1.60. The Morgan fingerprint density at radius 2 is 1.88 bits per heavy atom. The summed E-state index contributed by atoms with van der Waals surface area (Å²) in [4.78, 5) is 21.4. The van der Waals surface area contributed by atoms with Crippen molar-refractivity contribution in [3.8, 4) is 0 Å². The van der Waals surface area contributed by atoms with E-state index in [4.69, 9.17) is 4.74 Å². The van der Waals surface area contributed by atoms with Crippen molar-refractivity contribution in [1.82, 2.24) is 14.8 Å². The highest BCUT2D eigenvalue weighted by Crippen LogP contribution is 2.31. The average Bonchev–Trinajstić information content (AvgIpc) is 3.15. The highest BCUT2D eigenvalue weighted by atomic mass is 16.5. The lowest BCUT2D eigenvalue weighted by Crippen LogP contribution is -2.49. The number of carbonyl (C=O) groups is 1. The van der Waals surface area contributed by atoms with Gasteiger partial charge in [-0.05, 0) is 61.6 Å². The Bertz CT molecular complexity index is 1160. The summed E-state index contributed by atoms with van der Waals surface area (Å²) in [7, 11) is 1.73. The molecule has 0 spiro atoms. The van der Waals surface area contributed by atoms with Crippen LogP contribution in [-0.2, 0) is 17.7 Å². The SMILES string of the molecule is CCc1cccc(C)c1CNc1cc(C(=O)N2CCN(CCOC)CC2)cc2c(C)c(C)[nH]c12. The van der Waals surface area contributed by atoms with Crippen LogP contribution in [0.1, 0.15) is 45.2 Å². The average molecular weight is 463 g/mol. The number of benzene rings is 2. The van der Waals surface area contributed by atoms with Gasteiger partial charge in [0, 0.05) is 63.0 Å². The van der Waals surface area contributed by atoms with Crippen LogP contribution < -0.4 is 5.32 Å². The lowest BCUT2D eigenvalue weighted by molar-refractivity contribution is 0.0594. The molecule has 0 aliphatic carbocycles. The van der Waals surface area contributed by atoms with Crippen LogP contribution in [0.25, 0.3) is 10.9 Å². The molecule has 4 rings (SSSR count). The number of fused-ring (bicyclic) bond motifs is 1. The van der Waals surface area contributed by atoms with E-state index in [1.54, 1.807) is 7.11 Å². The van der Waals surface area contributed by atoms with Crippen LogP contribution in [0, 0.1) is 20.8 Å². The number of methoxy groups -OCH3 is 1. The molecule has 2 heterocycles. The molecule has 0 atom stereocenters. The first-order valence-corrected chi connectivity index (χ1v) is 12.4. The summed E-state index contributed by atoms with van der Waals surface area (Å²) in [5.74, 6) is 0.111. The molecule has 34 heavy (non-hydrogen) atoms. The van der Waals surface area contributed by atoms with Gasteiger partial charge in [0.05, 0.1) is 17.8 Å². The van der Waals surface area contributed by atoms with Gasteiger partial charge in [-0.1, -0.05) is 25.1 Å². The molecule has 0 bridgehead atoms. The highest BCUT2D eigenvalue weighted by Gasteiger charge is 2.23. The first-order chi connectivity index (χ1) is 16.4. The first kappa shape index (κ1) is 24.3. The smallest absolute Gasteiger partial charge is 0.254 e. The van der Waals surface area contributed by atoms with Crippen LogP contribution in [0.4, 0.5) is 5.69 Å². The van der Waals surface area contributed by atoms with Crippen LogP contribution in [0.2, 0.25) is 0 Å². The fourth-order valence-electron chi connectivity index (χ4n) is 4.93. The first-order valence-electron chi connectivity index (χ1n) is 12.4. The molecule has 1 amide bonds. The van der Waals surface area contributed by atoms with Gasteiger partial charge in [0.25, 0.3) is 5.91 Å². The van der Waals surface area contributed by atoms with E-state index in [1.165, 1.54) is 22.3 Å². The van der Waals surface area contributed by atoms with Crippen molar-refractivity contribution in [3.05, 3.63) is 63.8 Å². The molecule has 6 heteroatoms. The summed E-state index contributed by atoms with van der Waals surface area (Å²) in [6.07, 6.45) is 1.00. The van der Waals surface area contributed by atoms with Crippen LogP contribution in [-0.4, -0.2) is 67.1 Å². The number of aromatic amines is 1. The van der Waals surface area contributed by atoms with E-state index in [-0.39, 0.29) is 5.91 Å². The van der Waals surface area contributed by atoms with E-state index in [0.29, 0.717) is 0 Å². The second-order valence-corrected chi connectivity index (χ2v) is 9.37. The third kappa shape index (κ3) is 4.98. The van der Waals surface area contributed by atoms with Gasteiger partial charge >= 0.3 is 0 Å². The number of anilines is 1. The van der Waals surface area contributed by atoms with Crippen LogP contribution in [0.3, 0.4) is 0 Å². The summed E-state index contributed by atoms with van der Waals surface area (Å²) in [6.45, 7) is 14.2. The van der Waals surface area contributed by atoms with Gasteiger partial charge in [0.1, 0.15) is 0 Å². The van der Waals surface area contributed by atoms with E-state index >= 15 is 0 Å². The van der Waals surface area contributed by atoms with Crippen molar-refractivity contribution in [2.75, 3.05) is 51.8 Å². The van der Waals surface area contributed by atoms with E-state index in [2.05, 4.69) is 67.2 Å². The number of amides is 1. The second-order valence-electron chi connectivity index (χ2n) is 9.37. The van der Waals surface area contributed by atoms with E-state index in [1.807, 2.05) is 11.0 Å². The Morgan fingerprint density at radius 1 is 1.12 bits per heavy atom. The summed E-state index contributed by atoms with van der Waals surface area (Å²) >= 11 is 0. The quantitative estimate of drug-likeness (QED) is 0.511. The Labute approximate surface area is 203 Å². The molecule has 182 valence electrons. The molecule has 2 N–H and O–H groups in total. The summed E-state index contributed by atoms with van der Waals surface area (Å²) in [6, 6.07) is 10.6. The lowest BCUT2D eigenvalue weighted by Gasteiger charge is -2.34. The number of rotatable bonds is 8. The molecule has 1 fully saturated rings. The molecule has 0 radical (unpaired) electrons. The number of nitrogens with zero attached hydrogens (tertiary/aromatic N) is 2. The zero-order chi connectivity index (χ0) is 24.2. The molecule has 1 aromatic heterocycles. The molecule has 6 nitrogen and oxygen atoms in total. The number of H-pyrrole nitrogens is 1. The van der Waals surface area contributed by atoms with Gasteiger partial charge < -0.3 is 19.9 Å². The van der Waals surface area contributed by atoms with Crippen LogP contribution >= 0.6 is 0 Å². The van der Waals surface area contributed by atoms with Gasteiger partial charge in [-0.25, -0.2) is 0 Å². The number of aromatic nitrogens is 1.